The van der Waals surface area contributed by atoms with E-state index in [0.717, 1.165) is 48.5 Å². The van der Waals surface area contributed by atoms with Crippen LogP contribution in [0.4, 0.5) is 11.5 Å². The molecule has 0 bridgehead atoms. The highest BCUT2D eigenvalue weighted by Crippen LogP contribution is 2.28. The molecule has 6 nitrogen and oxygen atoms in total. The van der Waals surface area contributed by atoms with Gasteiger partial charge in [0.05, 0.1) is 11.9 Å². The van der Waals surface area contributed by atoms with Crippen molar-refractivity contribution >= 4 is 28.3 Å². The number of para-hydroxylation sites is 1. The van der Waals surface area contributed by atoms with Crippen LogP contribution in [0.2, 0.25) is 0 Å². The normalized spacial score (nSPS) is 17.4. The third kappa shape index (κ3) is 3.69. The third-order valence-electron chi connectivity index (χ3n) is 4.93. The molecule has 1 aromatic carbocycles. The first-order valence-corrected chi connectivity index (χ1v) is 9.13. The standard InChI is InChI=1S/C20H23N5O/c26-17(12-22-16-6-2-1-3-7-16)11-15-5-4-10-25(13-15)20-18-8-9-21-19(18)23-14-24-20/h1-3,6-9,14-15,22H,4-5,10-13H2,(H,21,23,24)/t15-/m0/s1. The summed E-state index contributed by atoms with van der Waals surface area (Å²) in [5.41, 5.74) is 1.85. The summed E-state index contributed by atoms with van der Waals surface area (Å²) in [5.74, 6) is 1.60. The lowest BCUT2D eigenvalue weighted by molar-refractivity contribution is -0.118. The summed E-state index contributed by atoms with van der Waals surface area (Å²) in [4.78, 5) is 26.6. The summed E-state index contributed by atoms with van der Waals surface area (Å²) < 4.78 is 0. The van der Waals surface area contributed by atoms with Crippen molar-refractivity contribution in [1.82, 2.24) is 15.0 Å². The van der Waals surface area contributed by atoms with Gasteiger partial charge in [0.25, 0.3) is 0 Å². The molecule has 1 aliphatic heterocycles. The molecule has 0 unspecified atom stereocenters. The highest BCUT2D eigenvalue weighted by atomic mass is 16.1. The second kappa shape index (κ2) is 7.56. The van der Waals surface area contributed by atoms with Gasteiger partial charge in [0.2, 0.25) is 0 Å². The summed E-state index contributed by atoms with van der Waals surface area (Å²) in [5, 5.41) is 4.26. The molecule has 0 radical (unpaired) electrons. The molecule has 1 fully saturated rings. The summed E-state index contributed by atoms with van der Waals surface area (Å²) in [6.45, 7) is 2.23. The van der Waals surface area contributed by atoms with E-state index in [1.54, 1.807) is 6.33 Å². The average Bonchev–Trinajstić information content (AvgIpc) is 3.16. The molecule has 26 heavy (non-hydrogen) atoms. The molecule has 1 saturated heterocycles. The Balaban J connectivity index is 1.36. The van der Waals surface area contributed by atoms with E-state index in [4.69, 9.17) is 0 Å². The number of H-pyrrole nitrogens is 1. The second-order valence-corrected chi connectivity index (χ2v) is 6.85. The Morgan fingerprint density at radius 3 is 3.00 bits per heavy atom. The van der Waals surface area contributed by atoms with Crippen LogP contribution < -0.4 is 10.2 Å². The minimum atomic E-state index is 0.259. The number of nitrogens with zero attached hydrogens (tertiary/aromatic N) is 3. The molecule has 0 spiro atoms. The van der Waals surface area contributed by atoms with Crippen LogP contribution >= 0.6 is 0 Å². The van der Waals surface area contributed by atoms with E-state index < -0.39 is 0 Å². The Labute approximate surface area is 152 Å². The van der Waals surface area contributed by atoms with Crippen molar-refractivity contribution in [3.05, 3.63) is 48.9 Å². The molecular formula is C20H23N5O. The number of nitrogens with one attached hydrogen (secondary N) is 2. The fraction of sp³-hybridized carbons (Fsp3) is 0.350. The van der Waals surface area contributed by atoms with Crippen LogP contribution in [0, 0.1) is 5.92 Å². The van der Waals surface area contributed by atoms with Gasteiger partial charge >= 0.3 is 0 Å². The topological polar surface area (TPSA) is 73.9 Å². The number of fused-ring (bicyclic) bond motifs is 1. The van der Waals surface area contributed by atoms with Crippen LogP contribution in [0.5, 0.6) is 0 Å². The fourth-order valence-electron chi connectivity index (χ4n) is 3.69. The van der Waals surface area contributed by atoms with Crippen LogP contribution in [0.25, 0.3) is 11.0 Å². The van der Waals surface area contributed by atoms with Gasteiger partial charge in [-0.05, 0) is 37.0 Å². The van der Waals surface area contributed by atoms with Crippen molar-refractivity contribution < 1.29 is 4.79 Å². The highest BCUT2D eigenvalue weighted by molar-refractivity contribution is 5.87. The first kappa shape index (κ1) is 16.6. The van der Waals surface area contributed by atoms with Crippen molar-refractivity contribution in [2.75, 3.05) is 29.9 Å². The van der Waals surface area contributed by atoms with E-state index in [-0.39, 0.29) is 5.78 Å². The van der Waals surface area contributed by atoms with E-state index in [0.29, 0.717) is 18.9 Å². The lowest BCUT2D eigenvalue weighted by Crippen LogP contribution is -2.37. The monoisotopic (exact) mass is 349 g/mol. The maximum atomic E-state index is 12.4. The van der Waals surface area contributed by atoms with Crippen molar-refractivity contribution in [2.45, 2.75) is 19.3 Å². The number of aromatic nitrogens is 3. The van der Waals surface area contributed by atoms with E-state index >= 15 is 0 Å². The first-order chi connectivity index (χ1) is 12.8. The quantitative estimate of drug-likeness (QED) is 0.715. The largest absolute Gasteiger partial charge is 0.378 e. The summed E-state index contributed by atoms with van der Waals surface area (Å²) in [6.07, 6.45) is 6.28. The van der Waals surface area contributed by atoms with Gasteiger partial charge in [0, 0.05) is 31.4 Å². The molecule has 134 valence electrons. The van der Waals surface area contributed by atoms with Gasteiger partial charge < -0.3 is 15.2 Å². The Hall–Kier alpha value is -2.89. The number of hydrogen-bond acceptors (Lipinski definition) is 5. The van der Waals surface area contributed by atoms with E-state index in [2.05, 4.69) is 25.2 Å². The van der Waals surface area contributed by atoms with E-state index in [1.807, 2.05) is 42.6 Å². The van der Waals surface area contributed by atoms with Gasteiger partial charge in [-0.1, -0.05) is 18.2 Å². The Morgan fingerprint density at radius 2 is 2.12 bits per heavy atom. The number of ketones is 1. The van der Waals surface area contributed by atoms with Gasteiger partial charge in [-0.25, -0.2) is 9.97 Å². The van der Waals surface area contributed by atoms with Gasteiger partial charge in [0.15, 0.2) is 5.78 Å². The third-order valence-corrected chi connectivity index (χ3v) is 4.93. The molecular weight excluding hydrogens is 326 g/mol. The molecule has 6 heteroatoms. The zero-order valence-corrected chi connectivity index (χ0v) is 14.7. The lowest BCUT2D eigenvalue weighted by atomic mass is 9.92. The van der Waals surface area contributed by atoms with Gasteiger partial charge in [-0.3, -0.25) is 4.79 Å². The molecule has 1 aliphatic rings. The highest BCUT2D eigenvalue weighted by Gasteiger charge is 2.24. The van der Waals surface area contributed by atoms with Crippen LogP contribution in [-0.2, 0) is 4.79 Å². The maximum Gasteiger partial charge on any atom is 0.152 e. The van der Waals surface area contributed by atoms with Crippen molar-refractivity contribution in [3.8, 4) is 0 Å². The Kier molecular flexibility index (Phi) is 4.82. The number of Topliss-reactive ketones (excluding diaryl/α,β-unsaturated/α-hetero) is 1. The molecule has 2 N–H and O–H groups in total. The lowest BCUT2D eigenvalue weighted by Gasteiger charge is -2.33. The molecule has 4 rings (SSSR count). The van der Waals surface area contributed by atoms with Crippen LogP contribution in [0.15, 0.2) is 48.9 Å². The first-order valence-electron chi connectivity index (χ1n) is 9.13. The number of anilines is 2. The number of piperidine rings is 1. The molecule has 0 aliphatic carbocycles. The molecule has 0 amide bonds. The van der Waals surface area contributed by atoms with Gasteiger partial charge in [0.1, 0.15) is 17.8 Å². The zero-order chi connectivity index (χ0) is 17.8. The van der Waals surface area contributed by atoms with Crippen LogP contribution in [-0.4, -0.2) is 40.4 Å². The van der Waals surface area contributed by atoms with Crippen molar-refractivity contribution in [1.29, 1.82) is 0 Å². The minimum Gasteiger partial charge on any atom is -0.378 e. The number of aromatic amines is 1. The van der Waals surface area contributed by atoms with Crippen LogP contribution in [0.3, 0.4) is 0 Å². The molecule has 3 aromatic rings. The molecule has 0 saturated carbocycles. The molecule has 2 aromatic heterocycles. The fourth-order valence-corrected chi connectivity index (χ4v) is 3.69. The average molecular weight is 349 g/mol. The summed E-state index contributed by atoms with van der Waals surface area (Å²) in [7, 11) is 0. The number of carbonyl (C=O) groups is 1. The molecule has 3 heterocycles. The van der Waals surface area contributed by atoms with Crippen molar-refractivity contribution in [3.63, 3.8) is 0 Å². The van der Waals surface area contributed by atoms with Gasteiger partial charge in [-0.15, -0.1) is 0 Å². The maximum absolute atomic E-state index is 12.4. The minimum absolute atomic E-state index is 0.259. The summed E-state index contributed by atoms with van der Waals surface area (Å²) >= 11 is 0. The van der Waals surface area contributed by atoms with Gasteiger partial charge in [-0.2, -0.15) is 0 Å². The SMILES string of the molecule is O=C(CNc1ccccc1)C[C@@H]1CCCN(c2ncnc3[nH]ccc23)C1. The number of benzene rings is 1. The smallest absolute Gasteiger partial charge is 0.152 e. The Morgan fingerprint density at radius 1 is 1.23 bits per heavy atom. The number of hydrogen-bond donors (Lipinski definition) is 2. The number of rotatable bonds is 6. The van der Waals surface area contributed by atoms with Crippen molar-refractivity contribution in [2.24, 2.45) is 5.92 Å². The predicted molar refractivity (Wildman–Crippen MR) is 103 cm³/mol. The van der Waals surface area contributed by atoms with E-state index in [1.165, 1.54) is 0 Å². The Bertz CT molecular complexity index is 876. The summed E-state index contributed by atoms with van der Waals surface area (Å²) in [6, 6.07) is 11.9. The molecule has 1 atom stereocenters. The van der Waals surface area contributed by atoms with E-state index in [9.17, 15) is 4.79 Å². The predicted octanol–water partition coefficient (Wildman–Crippen LogP) is 3.25. The van der Waals surface area contributed by atoms with Crippen LogP contribution in [0.1, 0.15) is 19.3 Å². The number of carbonyl (C=O) groups excluding carboxylic acids is 1. The second-order valence-electron chi connectivity index (χ2n) is 6.85. The zero-order valence-electron chi connectivity index (χ0n) is 14.7.